The molecule has 2 rings (SSSR count). The van der Waals surface area contributed by atoms with Gasteiger partial charge in [-0.1, -0.05) is 0 Å². The van der Waals surface area contributed by atoms with E-state index in [9.17, 15) is 9.59 Å². The number of carbonyl (C=O) groups excluding carboxylic acids is 2. The first-order chi connectivity index (χ1) is 9.01. The molecule has 0 saturated carbocycles. The van der Waals surface area contributed by atoms with Gasteiger partial charge in [-0.05, 0) is 44.7 Å². The Balaban J connectivity index is 1.81. The van der Waals surface area contributed by atoms with E-state index in [1.165, 1.54) is 19.4 Å². The first kappa shape index (κ1) is 14.1. The standard InChI is InChI=1S/C13H24N4O2/c1-16-6-2-3-13(10-16)4-7-17(8-5-13)11(18)9-15-12(14)19/h2-10H2,1H3,(H3,14,15,19). The van der Waals surface area contributed by atoms with E-state index in [4.69, 9.17) is 5.73 Å². The van der Waals surface area contributed by atoms with Crippen LogP contribution in [0.15, 0.2) is 0 Å². The summed E-state index contributed by atoms with van der Waals surface area (Å²) in [6, 6.07) is -0.643. The summed E-state index contributed by atoms with van der Waals surface area (Å²) in [4.78, 5) is 26.7. The van der Waals surface area contributed by atoms with Crippen molar-refractivity contribution in [3.05, 3.63) is 0 Å². The molecule has 3 amide bonds. The fourth-order valence-electron chi connectivity index (χ4n) is 3.37. The largest absolute Gasteiger partial charge is 0.352 e. The maximum absolute atomic E-state index is 11.9. The molecule has 0 bridgehead atoms. The third kappa shape index (κ3) is 3.59. The van der Waals surface area contributed by atoms with E-state index in [2.05, 4.69) is 17.3 Å². The molecule has 19 heavy (non-hydrogen) atoms. The molecule has 1 spiro atoms. The van der Waals surface area contributed by atoms with Crippen LogP contribution in [0.1, 0.15) is 25.7 Å². The van der Waals surface area contributed by atoms with Gasteiger partial charge in [0.1, 0.15) is 0 Å². The average Bonchev–Trinajstić information content (AvgIpc) is 2.36. The van der Waals surface area contributed by atoms with Crippen molar-refractivity contribution in [2.45, 2.75) is 25.7 Å². The molecule has 0 radical (unpaired) electrons. The fraction of sp³-hybridized carbons (Fsp3) is 0.846. The highest BCUT2D eigenvalue weighted by atomic mass is 16.2. The molecular weight excluding hydrogens is 244 g/mol. The highest BCUT2D eigenvalue weighted by molar-refractivity contribution is 5.83. The van der Waals surface area contributed by atoms with Crippen LogP contribution in [-0.4, -0.2) is 61.5 Å². The second-order valence-electron chi connectivity index (χ2n) is 5.94. The SMILES string of the molecule is CN1CCCC2(CCN(C(=O)CNC(N)=O)CC2)C1. The van der Waals surface area contributed by atoms with Crippen molar-refractivity contribution in [2.75, 3.05) is 39.8 Å². The summed E-state index contributed by atoms with van der Waals surface area (Å²) < 4.78 is 0. The molecule has 0 aromatic heterocycles. The van der Waals surface area contributed by atoms with Gasteiger partial charge in [0, 0.05) is 19.6 Å². The number of hydrogen-bond donors (Lipinski definition) is 2. The number of carbonyl (C=O) groups is 2. The number of piperidine rings is 2. The molecule has 2 saturated heterocycles. The summed E-state index contributed by atoms with van der Waals surface area (Å²) in [5.41, 5.74) is 5.37. The first-order valence-corrected chi connectivity index (χ1v) is 7.00. The van der Waals surface area contributed by atoms with E-state index in [-0.39, 0.29) is 12.5 Å². The molecule has 2 aliphatic heterocycles. The maximum Gasteiger partial charge on any atom is 0.312 e. The molecule has 2 fully saturated rings. The predicted molar refractivity (Wildman–Crippen MR) is 72.6 cm³/mol. The Morgan fingerprint density at radius 1 is 1.21 bits per heavy atom. The lowest BCUT2D eigenvalue weighted by Gasteiger charge is -2.46. The van der Waals surface area contributed by atoms with E-state index in [1.54, 1.807) is 0 Å². The van der Waals surface area contributed by atoms with Crippen LogP contribution >= 0.6 is 0 Å². The number of urea groups is 1. The predicted octanol–water partition coefficient (Wildman–Crippen LogP) is -0.0109. The zero-order valence-electron chi connectivity index (χ0n) is 11.7. The zero-order valence-corrected chi connectivity index (χ0v) is 11.7. The van der Waals surface area contributed by atoms with Gasteiger partial charge in [0.2, 0.25) is 5.91 Å². The molecule has 3 N–H and O–H groups in total. The molecule has 2 aliphatic rings. The lowest BCUT2D eigenvalue weighted by atomic mass is 9.72. The Morgan fingerprint density at radius 3 is 2.47 bits per heavy atom. The molecule has 6 nitrogen and oxygen atoms in total. The number of hydrogen-bond acceptors (Lipinski definition) is 3. The summed E-state index contributed by atoms with van der Waals surface area (Å²) in [6.45, 7) is 3.95. The van der Waals surface area contributed by atoms with Crippen LogP contribution in [0.2, 0.25) is 0 Å². The van der Waals surface area contributed by atoms with E-state index in [0.717, 1.165) is 32.5 Å². The van der Waals surface area contributed by atoms with E-state index < -0.39 is 6.03 Å². The molecule has 108 valence electrons. The third-order valence-electron chi connectivity index (χ3n) is 4.44. The summed E-state index contributed by atoms with van der Waals surface area (Å²) in [5, 5.41) is 2.36. The molecule has 0 unspecified atom stereocenters. The number of primary amides is 1. The normalized spacial score (nSPS) is 23.3. The van der Waals surface area contributed by atoms with Crippen LogP contribution in [0.25, 0.3) is 0 Å². The second kappa shape index (κ2) is 5.77. The average molecular weight is 268 g/mol. The van der Waals surface area contributed by atoms with Crippen molar-refractivity contribution in [1.82, 2.24) is 15.1 Å². The molecule has 0 aliphatic carbocycles. The van der Waals surface area contributed by atoms with Crippen molar-refractivity contribution in [3.63, 3.8) is 0 Å². The third-order valence-corrected chi connectivity index (χ3v) is 4.44. The molecule has 6 heteroatoms. The van der Waals surface area contributed by atoms with Crippen LogP contribution in [0.5, 0.6) is 0 Å². The summed E-state index contributed by atoms with van der Waals surface area (Å²) in [5.74, 6) is -0.0298. The molecule has 0 aromatic carbocycles. The van der Waals surface area contributed by atoms with Crippen LogP contribution < -0.4 is 11.1 Å². The Hall–Kier alpha value is -1.30. The number of nitrogens with one attached hydrogen (secondary N) is 1. The van der Waals surface area contributed by atoms with E-state index >= 15 is 0 Å². The van der Waals surface area contributed by atoms with Gasteiger partial charge in [0.25, 0.3) is 0 Å². The Morgan fingerprint density at radius 2 is 1.89 bits per heavy atom. The number of nitrogens with zero attached hydrogens (tertiary/aromatic N) is 2. The number of rotatable bonds is 2. The second-order valence-corrected chi connectivity index (χ2v) is 5.94. The lowest BCUT2D eigenvalue weighted by Crippen LogP contribution is -2.51. The first-order valence-electron chi connectivity index (χ1n) is 7.00. The van der Waals surface area contributed by atoms with Gasteiger partial charge >= 0.3 is 6.03 Å². The van der Waals surface area contributed by atoms with Crippen LogP contribution in [0.4, 0.5) is 4.79 Å². The van der Waals surface area contributed by atoms with Crippen molar-refractivity contribution in [3.8, 4) is 0 Å². The van der Waals surface area contributed by atoms with Gasteiger partial charge in [-0.15, -0.1) is 0 Å². The smallest absolute Gasteiger partial charge is 0.312 e. The maximum atomic E-state index is 11.9. The zero-order chi connectivity index (χ0) is 13.9. The van der Waals surface area contributed by atoms with E-state index in [1.807, 2.05) is 4.90 Å². The minimum atomic E-state index is -0.643. The summed E-state index contributed by atoms with van der Waals surface area (Å²) in [7, 11) is 2.18. The topological polar surface area (TPSA) is 78.7 Å². The van der Waals surface area contributed by atoms with Gasteiger partial charge in [-0.25, -0.2) is 4.79 Å². The highest BCUT2D eigenvalue weighted by Gasteiger charge is 2.38. The van der Waals surface area contributed by atoms with Gasteiger partial charge in [0.05, 0.1) is 6.54 Å². The van der Waals surface area contributed by atoms with Gasteiger partial charge in [0.15, 0.2) is 0 Å². The Labute approximate surface area is 114 Å². The molecule has 0 aromatic rings. The van der Waals surface area contributed by atoms with Crippen molar-refractivity contribution in [1.29, 1.82) is 0 Å². The molecule has 0 atom stereocenters. The van der Waals surface area contributed by atoms with Crippen molar-refractivity contribution < 1.29 is 9.59 Å². The molecular formula is C13H24N4O2. The Kier molecular flexibility index (Phi) is 4.29. The minimum absolute atomic E-state index is 0.0161. The van der Waals surface area contributed by atoms with E-state index in [0.29, 0.717) is 5.41 Å². The van der Waals surface area contributed by atoms with Crippen LogP contribution in [0, 0.1) is 5.41 Å². The fourth-order valence-corrected chi connectivity index (χ4v) is 3.37. The van der Waals surface area contributed by atoms with Crippen molar-refractivity contribution >= 4 is 11.9 Å². The molecule has 2 heterocycles. The van der Waals surface area contributed by atoms with Crippen molar-refractivity contribution in [2.24, 2.45) is 11.1 Å². The number of nitrogens with two attached hydrogens (primary N) is 1. The van der Waals surface area contributed by atoms with Gasteiger partial charge in [-0.2, -0.15) is 0 Å². The highest BCUT2D eigenvalue weighted by Crippen LogP contribution is 2.39. The van der Waals surface area contributed by atoms with Crippen LogP contribution in [0.3, 0.4) is 0 Å². The quantitative estimate of drug-likeness (QED) is 0.739. The Bertz CT molecular complexity index is 351. The summed E-state index contributed by atoms with van der Waals surface area (Å²) in [6.07, 6.45) is 4.67. The van der Waals surface area contributed by atoms with Gasteiger partial charge < -0.3 is 20.9 Å². The monoisotopic (exact) mass is 268 g/mol. The number of likely N-dealkylation sites (tertiary alicyclic amines) is 2. The number of amides is 3. The van der Waals surface area contributed by atoms with Crippen LogP contribution in [-0.2, 0) is 4.79 Å². The van der Waals surface area contributed by atoms with Gasteiger partial charge in [-0.3, -0.25) is 4.79 Å². The summed E-state index contributed by atoms with van der Waals surface area (Å²) >= 11 is 0. The minimum Gasteiger partial charge on any atom is -0.352 e. The lowest BCUT2D eigenvalue weighted by molar-refractivity contribution is -0.133.